The Morgan fingerprint density at radius 3 is 1.47 bits per heavy atom. The third-order valence-electron chi connectivity index (χ3n) is 3.35. The highest BCUT2D eigenvalue weighted by molar-refractivity contribution is 8.06. The normalized spacial score (nSPS) is 31.4. The first-order valence-electron chi connectivity index (χ1n) is 5.58. The summed E-state index contributed by atoms with van der Waals surface area (Å²) >= 11 is 0. The summed E-state index contributed by atoms with van der Waals surface area (Å²) in [6, 6.07) is 0. The van der Waals surface area contributed by atoms with Crippen molar-refractivity contribution >= 4 is 20.0 Å². The van der Waals surface area contributed by atoms with Crippen LogP contribution in [0.1, 0.15) is 47.5 Å². The van der Waals surface area contributed by atoms with E-state index >= 15 is 0 Å². The zero-order valence-corrected chi connectivity index (χ0v) is 12.6. The first-order chi connectivity index (χ1) is 7.31. The summed E-state index contributed by atoms with van der Waals surface area (Å²) in [7, 11) is -7.74. The van der Waals surface area contributed by atoms with E-state index in [0.717, 1.165) is 0 Å². The van der Waals surface area contributed by atoms with Crippen LogP contribution in [0.2, 0.25) is 0 Å². The van der Waals surface area contributed by atoms with E-state index in [2.05, 4.69) is 0 Å². The van der Waals surface area contributed by atoms with Crippen molar-refractivity contribution in [1.29, 1.82) is 0 Å². The van der Waals surface area contributed by atoms with Gasteiger partial charge in [-0.15, -0.1) is 4.13 Å². The van der Waals surface area contributed by atoms with Crippen LogP contribution in [0.5, 0.6) is 0 Å². The van der Waals surface area contributed by atoms with Crippen molar-refractivity contribution in [3.05, 3.63) is 0 Å². The minimum Gasteiger partial charge on any atom is -0.211 e. The molecule has 5 nitrogen and oxygen atoms in total. The van der Waals surface area contributed by atoms with Crippen LogP contribution in [-0.2, 0) is 20.0 Å². The summed E-state index contributed by atoms with van der Waals surface area (Å²) in [5.74, 6) is 0.0339. The predicted octanol–water partition coefficient (Wildman–Crippen LogP) is 1.22. The van der Waals surface area contributed by atoms with Crippen molar-refractivity contribution in [2.75, 3.05) is 0 Å². The molecule has 0 aliphatic carbocycles. The average Bonchev–Trinajstić information content (AvgIpc) is 1.96. The molecule has 17 heavy (non-hydrogen) atoms. The number of rotatable bonds is 0. The van der Waals surface area contributed by atoms with Crippen molar-refractivity contribution in [2.45, 2.75) is 57.0 Å². The highest BCUT2D eigenvalue weighted by atomic mass is 32.3. The summed E-state index contributed by atoms with van der Waals surface area (Å²) in [5.41, 5.74) is 0. The molecule has 0 aromatic rings. The van der Waals surface area contributed by atoms with Crippen LogP contribution in [0, 0.1) is 5.92 Å². The molecule has 0 aromatic carbocycles. The van der Waals surface area contributed by atoms with E-state index in [-0.39, 0.29) is 5.92 Å². The van der Waals surface area contributed by atoms with Crippen molar-refractivity contribution < 1.29 is 16.8 Å². The van der Waals surface area contributed by atoms with Gasteiger partial charge in [0.15, 0.2) is 0 Å². The zero-order valence-electron chi connectivity index (χ0n) is 10.9. The molecule has 0 amide bonds. The second kappa shape index (κ2) is 3.93. The lowest BCUT2D eigenvalue weighted by molar-refractivity contribution is 0.370. The Kier molecular flexibility index (Phi) is 3.45. The van der Waals surface area contributed by atoms with Crippen LogP contribution in [0.15, 0.2) is 0 Å². The molecule has 1 aliphatic rings. The van der Waals surface area contributed by atoms with Gasteiger partial charge < -0.3 is 0 Å². The van der Waals surface area contributed by atoms with Gasteiger partial charge in [-0.3, -0.25) is 0 Å². The Morgan fingerprint density at radius 2 is 1.18 bits per heavy atom. The largest absolute Gasteiger partial charge is 0.229 e. The summed E-state index contributed by atoms with van der Waals surface area (Å²) in [6.45, 7) is 8.11. The van der Waals surface area contributed by atoms with Gasteiger partial charge in [-0.05, 0) is 46.5 Å². The molecule has 0 atom stereocenters. The molecule has 0 unspecified atom stereocenters. The van der Waals surface area contributed by atoms with Gasteiger partial charge in [0.25, 0.3) is 0 Å². The zero-order chi connectivity index (χ0) is 13.7. The molecule has 1 rings (SSSR count). The highest BCUT2D eigenvalue weighted by Gasteiger charge is 2.47. The fourth-order valence-electron chi connectivity index (χ4n) is 2.34. The summed E-state index contributed by atoms with van der Waals surface area (Å²) in [5, 5.41) is 0. The fourth-order valence-corrected chi connectivity index (χ4v) is 6.31. The van der Waals surface area contributed by atoms with Gasteiger partial charge in [0.1, 0.15) is 0 Å². The monoisotopic (exact) mass is 283 g/mol. The van der Waals surface area contributed by atoms with Gasteiger partial charge in [0, 0.05) is 0 Å². The third-order valence-corrected chi connectivity index (χ3v) is 8.35. The van der Waals surface area contributed by atoms with Gasteiger partial charge in [0.05, 0.1) is 9.49 Å². The number of hydrogen-bond donors (Lipinski definition) is 1. The molecule has 1 N–H and O–H groups in total. The second-order valence-electron chi connectivity index (χ2n) is 6.12. The van der Waals surface area contributed by atoms with E-state index in [4.69, 9.17) is 0 Å². The van der Waals surface area contributed by atoms with Crippen molar-refractivity contribution in [3.8, 4) is 0 Å². The molecule has 0 radical (unpaired) electrons. The van der Waals surface area contributed by atoms with Crippen LogP contribution < -0.4 is 4.13 Å². The van der Waals surface area contributed by atoms with Gasteiger partial charge in [0.2, 0.25) is 20.0 Å². The number of sulfonamides is 2. The molecule has 0 saturated carbocycles. The maximum absolute atomic E-state index is 12.0. The first-order valence-corrected chi connectivity index (χ1v) is 8.55. The maximum atomic E-state index is 12.0. The quantitative estimate of drug-likeness (QED) is 0.725. The van der Waals surface area contributed by atoms with Gasteiger partial charge in [-0.25, -0.2) is 16.8 Å². The molecular formula is C10H21NO4S2. The summed E-state index contributed by atoms with van der Waals surface area (Å²) in [6.07, 6.45) is 0.891. The Hall–Kier alpha value is -0.140. The number of hydrogen-bond acceptors (Lipinski definition) is 4. The molecule has 1 fully saturated rings. The molecule has 1 aliphatic heterocycles. The highest BCUT2D eigenvalue weighted by Crippen LogP contribution is 2.35. The van der Waals surface area contributed by atoms with Gasteiger partial charge in [-0.1, -0.05) is 6.92 Å². The van der Waals surface area contributed by atoms with E-state index in [1.165, 1.54) is 0 Å². The van der Waals surface area contributed by atoms with E-state index < -0.39 is 29.5 Å². The maximum Gasteiger partial charge on any atom is 0.229 e. The van der Waals surface area contributed by atoms with E-state index in [1.807, 2.05) is 11.1 Å². The molecule has 0 bridgehead atoms. The summed E-state index contributed by atoms with van der Waals surface area (Å²) < 4.78 is 47.9. The van der Waals surface area contributed by atoms with Gasteiger partial charge >= 0.3 is 0 Å². The smallest absolute Gasteiger partial charge is 0.211 e. The molecule has 7 heteroatoms. The average molecular weight is 283 g/mol. The molecule has 1 heterocycles. The lowest BCUT2D eigenvalue weighted by Gasteiger charge is -2.36. The first kappa shape index (κ1) is 14.9. The van der Waals surface area contributed by atoms with Crippen LogP contribution >= 0.6 is 0 Å². The second-order valence-corrected chi connectivity index (χ2v) is 11.0. The van der Waals surface area contributed by atoms with Crippen LogP contribution in [0.3, 0.4) is 0 Å². The predicted molar refractivity (Wildman–Crippen MR) is 67.5 cm³/mol. The van der Waals surface area contributed by atoms with Crippen LogP contribution in [-0.4, -0.2) is 26.3 Å². The van der Waals surface area contributed by atoms with Crippen molar-refractivity contribution in [1.82, 2.24) is 4.13 Å². The Labute approximate surface area is 104 Å². The molecular weight excluding hydrogens is 262 g/mol. The molecule has 1 saturated heterocycles. The minimum absolute atomic E-state index is 0.0339. The van der Waals surface area contributed by atoms with Crippen molar-refractivity contribution in [3.63, 3.8) is 0 Å². The Bertz CT molecular complexity index is 456. The fraction of sp³-hybridized carbons (Fsp3) is 1.00. The van der Waals surface area contributed by atoms with Gasteiger partial charge in [-0.2, -0.15) is 0 Å². The standard InChI is InChI=1S/C10H21NO4S2/c1-8-6-9(2,3)16(12,13)11-17(14,15)10(4,5)7-8/h8,11H,6-7H2,1-5H3. The number of nitrogens with one attached hydrogen (secondary N) is 1. The Morgan fingerprint density at radius 1 is 0.882 bits per heavy atom. The van der Waals surface area contributed by atoms with Crippen LogP contribution in [0.4, 0.5) is 0 Å². The van der Waals surface area contributed by atoms with E-state index in [1.54, 1.807) is 27.7 Å². The topological polar surface area (TPSA) is 80.3 Å². The molecule has 0 spiro atoms. The SMILES string of the molecule is CC1CC(C)(C)S(=O)(=O)NS(=O)(=O)C(C)(C)C1. The lowest BCUT2D eigenvalue weighted by Crippen LogP contribution is -2.53. The van der Waals surface area contributed by atoms with E-state index in [0.29, 0.717) is 12.8 Å². The Balaban J connectivity index is 3.36. The van der Waals surface area contributed by atoms with Crippen LogP contribution in [0.25, 0.3) is 0 Å². The lowest BCUT2D eigenvalue weighted by atomic mass is 9.90. The molecule has 0 aromatic heterocycles. The molecule has 102 valence electrons. The van der Waals surface area contributed by atoms with E-state index in [9.17, 15) is 16.8 Å². The van der Waals surface area contributed by atoms with Crippen molar-refractivity contribution in [2.24, 2.45) is 5.92 Å². The minimum atomic E-state index is -3.87. The summed E-state index contributed by atoms with van der Waals surface area (Å²) in [4.78, 5) is 0. The third kappa shape index (κ3) is 2.66.